The fourth-order valence-electron chi connectivity index (χ4n) is 2.39. The maximum Gasteiger partial charge on any atom is 0.269 e. The van der Waals surface area contributed by atoms with Gasteiger partial charge in [0.2, 0.25) is 0 Å². The molecule has 1 saturated heterocycles. The standard InChI is InChI=1S/C15H25N5O/c1-2-17-15(21)14-12-13(4-6-19-14)18-5-3-9-20-10-7-16-8-11-20/h4,6,12,16H,2-3,5,7-11H2,1H3,(H,17,21)(H,18,19). The lowest BCUT2D eigenvalue weighted by atomic mass is 10.2. The van der Waals surface area contributed by atoms with E-state index in [1.807, 2.05) is 13.0 Å². The van der Waals surface area contributed by atoms with Gasteiger partial charge in [-0.15, -0.1) is 0 Å². The Bertz CT molecular complexity index is 445. The van der Waals surface area contributed by atoms with Gasteiger partial charge < -0.3 is 20.9 Å². The zero-order valence-corrected chi connectivity index (χ0v) is 12.7. The van der Waals surface area contributed by atoms with E-state index in [2.05, 4.69) is 25.8 Å². The number of pyridine rings is 1. The van der Waals surface area contributed by atoms with Gasteiger partial charge in [0, 0.05) is 51.2 Å². The van der Waals surface area contributed by atoms with Crippen molar-refractivity contribution < 1.29 is 4.79 Å². The summed E-state index contributed by atoms with van der Waals surface area (Å²) in [6.07, 6.45) is 2.77. The number of nitrogens with one attached hydrogen (secondary N) is 3. The van der Waals surface area contributed by atoms with Crippen LogP contribution in [0.2, 0.25) is 0 Å². The molecule has 0 spiro atoms. The number of carbonyl (C=O) groups is 1. The normalized spacial score (nSPS) is 15.7. The largest absolute Gasteiger partial charge is 0.385 e. The van der Waals surface area contributed by atoms with Crippen LogP contribution in [0.5, 0.6) is 0 Å². The maximum absolute atomic E-state index is 11.7. The number of nitrogens with zero attached hydrogens (tertiary/aromatic N) is 2. The third-order valence-electron chi connectivity index (χ3n) is 3.52. The minimum Gasteiger partial charge on any atom is -0.385 e. The summed E-state index contributed by atoms with van der Waals surface area (Å²) in [6, 6.07) is 3.70. The summed E-state index contributed by atoms with van der Waals surface area (Å²) in [7, 11) is 0. The molecule has 1 fully saturated rings. The Kier molecular flexibility index (Phi) is 6.43. The topological polar surface area (TPSA) is 69.3 Å². The molecule has 1 aliphatic heterocycles. The number of amides is 1. The third-order valence-corrected chi connectivity index (χ3v) is 3.52. The highest BCUT2D eigenvalue weighted by Gasteiger charge is 2.09. The first kappa shape index (κ1) is 15.7. The van der Waals surface area contributed by atoms with Gasteiger partial charge >= 0.3 is 0 Å². The van der Waals surface area contributed by atoms with Gasteiger partial charge in [-0.2, -0.15) is 0 Å². The van der Waals surface area contributed by atoms with E-state index in [1.54, 1.807) is 12.3 Å². The van der Waals surface area contributed by atoms with Crippen molar-refractivity contribution in [2.24, 2.45) is 0 Å². The van der Waals surface area contributed by atoms with Crippen molar-refractivity contribution in [3.63, 3.8) is 0 Å². The fraction of sp³-hybridized carbons (Fsp3) is 0.600. The van der Waals surface area contributed by atoms with Gasteiger partial charge in [0.15, 0.2) is 0 Å². The first-order valence-corrected chi connectivity index (χ1v) is 7.71. The van der Waals surface area contributed by atoms with E-state index in [0.29, 0.717) is 12.2 Å². The van der Waals surface area contributed by atoms with Crippen LogP contribution in [0, 0.1) is 0 Å². The van der Waals surface area contributed by atoms with Crippen molar-refractivity contribution in [1.82, 2.24) is 20.5 Å². The van der Waals surface area contributed by atoms with Crippen LogP contribution in [-0.2, 0) is 0 Å². The summed E-state index contributed by atoms with van der Waals surface area (Å²) in [5.41, 5.74) is 1.41. The first-order chi connectivity index (χ1) is 10.3. The van der Waals surface area contributed by atoms with Crippen LogP contribution in [0.1, 0.15) is 23.8 Å². The molecule has 0 atom stereocenters. The first-order valence-electron chi connectivity index (χ1n) is 7.71. The predicted octanol–water partition coefficient (Wildman–Crippen LogP) is 0.539. The zero-order valence-electron chi connectivity index (χ0n) is 12.7. The Morgan fingerprint density at radius 2 is 2.24 bits per heavy atom. The van der Waals surface area contributed by atoms with E-state index >= 15 is 0 Å². The molecule has 6 heteroatoms. The number of hydrogen-bond donors (Lipinski definition) is 3. The van der Waals surface area contributed by atoms with Crippen LogP contribution >= 0.6 is 0 Å². The molecule has 0 saturated carbocycles. The molecule has 2 rings (SSSR count). The monoisotopic (exact) mass is 291 g/mol. The van der Waals surface area contributed by atoms with Gasteiger partial charge in [0.25, 0.3) is 5.91 Å². The van der Waals surface area contributed by atoms with Gasteiger partial charge in [-0.1, -0.05) is 0 Å². The highest BCUT2D eigenvalue weighted by Crippen LogP contribution is 2.08. The van der Waals surface area contributed by atoms with Gasteiger partial charge in [-0.3, -0.25) is 9.78 Å². The molecule has 1 aromatic heterocycles. The lowest BCUT2D eigenvalue weighted by Crippen LogP contribution is -2.44. The van der Waals surface area contributed by atoms with E-state index in [-0.39, 0.29) is 5.91 Å². The van der Waals surface area contributed by atoms with Crippen molar-refractivity contribution in [2.45, 2.75) is 13.3 Å². The van der Waals surface area contributed by atoms with Gasteiger partial charge in [0.05, 0.1) is 0 Å². The second-order valence-corrected chi connectivity index (χ2v) is 5.16. The Morgan fingerprint density at radius 3 is 3.00 bits per heavy atom. The Balaban J connectivity index is 1.72. The van der Waals surface area contributed by atoms with Crippen molar-refractivity contribution in [3.8, 4) is 0 Å². The van der Waals surface area contributed by atoms with E-state index < -0.39 is 0 Å². The average molecular weight is 291 g/mol. The lowest BCUT2D eigenvalue weighted by Gasteiger charge is -2.27. The highest BCUT2D eigenvalue weighted by molar-refractivity contribution is 5.93. The molecule has 21 heavy (non-hydrogen) atoms. The second kappa shape index (κ2) is 8.59. The molecule has 0 radical (unpaired) electrons. The molecule has 6 nitrogen and oxygen atoms in total. The van der Waals surface area contributed by atoms with Crippen LogP contribution in [0.3, 0.4) is 0 Å². The number of hydrogen-bond acceptors (Lipinski definition) is 5. The van der Waals surface area contributed by atoms with Crippen molar-refractivity contribution in [3.05, 3.63) is 24.0 Å². The minimum absolute atomic E-state index is 0.123. The van der Waals surface area contributed by atoms with Crippen LogP contribution in [0.4, 0.5) is 5.69 Å². The summed E-state index contributed by atoms with van der Waals surface area (Å²) in [5.74, 6) is -0.123. The molecule has 1 aromatic rings. The Hall–Kier alpha value is -1.66. The second-order valence-electron chi connectivity index (χ2n) is 5.16. The molecule has 1 amide bonds. The quantitative estimate of drug-likeness (QED) is 0.640. The maximum atomic E-state index is 11.7. The number of carbonyl (C=O) groups excluding carboxylic acids is 1. The third kappa shape index (κ3) is 5.32. The zero-order chi connectivity index (χ0) is 14.9. The molecule has 0 unspecified atom stereocenters. The SMILES string of the molecule is CCNC(=O)c1cc(NCCCN2CCNCC2)ccn1. The highest BCUT2D eigenvalue weighted by atomic mass is 16.1. The molecule has 1 aliphatic rings. The van der Waals surface area contributed by atoms with E-state index in [9.17, 15) is 4.79 Å². The molecule has 2 heterocycles. The molecule has 3 N–H and O–H groups in total. The van der Waals surface area contributed by atoms with E-state index in [4.69, 9.17) is 0 Å². The molecule has 0 bridgehead atoms. The van der Waals surface area contributed by atoms with Crippen molar-refractivity contribution in [1.29, 1.82) is 0 Å². The average Bonchev–Trinajstić information content (AvgIpc) is 2.53. The predicted molar refractivity (Wildman–Crippen MR) is 84.7 cm³/mol. The Morgan fingerprint density at radius 1 is 1.43 bits per heavy atom. The number of anilines is 1. The van der Waals surface area contributed by atoms with Gasteiger partial charge in [-0.05, 0) is 32.0 Å². The van der Waals surface area contributed by atoms with Crippen LogP contribution in [0.15, 0.2) is 18.3 Å². The molecule has 0 aliphatic carbocycles. The number of piperazine rings is 1. The molecule has 116 valence electrons. The van der Waals surface area contributed by atoms with Crippen molar-refractivity contribution in [2.75, 3.05) is 51.1 Å². The summed E-state index contributed by atoms with van der Waals surface area (Å²) < 4.78 is 0. The lowest BCUT2D eigenvalue weighted by molar-refractivity contribution is 0.0951. The van der Waals surface area contributed by atoms with Crippen LogP contribution in [0.25, 0.3) is 0 Å². The molecular formula is C15H25N5O. The molecule has 0 aromatic carbocycles. The number of rotatable bonds is 7. The number of aromatic nitrogens is 1. The van der Waals surface area contributed by atoms with Crippen molar-refractivity contribution >= 4 is 11.6 Å². The van der Waals surface area contributed by atoms with Gasteiger partial charge in [0.1, 0.15) is 5.69 Å². The summed E-state index contributed by atoms with van der Waals surface area (Å²) in [4.78, 5) is 18.3. The Labute approximate surface area is 126 Å². The van der Waals surface area contributed by atoms with Crippen LogP contribution in [-0.4, -0.2) is 61.6 Å². The van der Waals surface area contributed by atoms with E-state index in [1.165, 1.54) is 0 Å². The van der Waals surface area contributed by atoms with E-state index in [0.717, 1.165) is 51.4 Å². The van der Waals surface area contributed by atoms with Gasteiger partial charge in [-0.25, -0.2) is 0 Å². The van der Waals surface area contributed by atoms with Crippen LogP contribution < -0.4 is 16.0 Å². The minimum atomic E-state index is -0.123. The summed E-state index contributed by atoms with van der Waals surface area (Å²) in [5, 5.41) is 9.47. The summed E-state index contributed by atoms with van der Waals surface area (Å²) in [6.45, 7) is 8.99. The fourth-order valence-corrected chi connectivity index (χ4v) is 2.39. The molecular weight excluding hydrogens is 266 g/mol. The summed E-state index contributed by atoms with van der Waals surface area (Å²) >= 11 is 0. The smallest absolute Gasteiger partial charge is 0.269 e.